The molecule has 1 saturated heterocycles. The van der Waals surface area contributed by atoms with Crippen molar-refractivity contribution in [2.75, 3.05) is 32.8 Å². The summed E-state index contributed by atoms with van der Waals surface area (Å²) < 4.78 is 5.37. The van der Waals surface area contributed by atoms with Crippen molar-refractivity contribution in [3.63, 3.8) is 0 Å². The minimum absolute atomic E-state index is 0.694. The predicted molar refractivity (Wildman–Crippen MR) is 56.9 cm³/mol. The second-order valence-corrected chi connectivity index (χ2v) is 4.19. The number of rotatable bonds is 2. The van der Waals surface area contributed by atoms with Gasteiger partial charge in [0.15, 0.2) is 0 Å². The molecular formula is C11H20N2O. The summed E-state index contributed by atoms with van der Waals surface area (Å²) in [5.41, 5.74) is 1.36. The number of hydrogen-bond donors (Lipinski definition) is 0. The van der Waals surface area contributed by atoms with E-state index in [4.69, 9.17) is 4.74 Å². The van der Waals surface area contributed by atoms with Crippen LogP contribution in [0, 0.1) is 0 Å². The largest absolute Gasteiger partial charge is 0.497 e. The maximum atomic E-state index is 5.37. The van der Waals surface area contributed by atoms with E-state index in [0.29, 0.717) is 6.04 Å². The quantitative estimate of drug-likeness (QED) is 0.661. The molecule has 0 aromatic carbocycles. The first-order valence-electron chi connectivity index (χ1n) is 5.61. The first-order chi connectivity index (χ1) is 6.81. The van der Waals surface area contributed by atoms with E-state index in [9.17, 15) is 0 Å². The molecule has 0 saturated carbocycles. The SMILES string of the molecule is CCC(C)N1CCN2CCOC=C2C1. The summed E-state index contributed by atoms with van der Waals surface area (Å²) in [5, 5.41) is 0. The molecule has 2 rings (SSSR count). The number of hydrogen-bond acceptors (Lipinski definition) is 3. The van der Waals surface area contributed by atoms with Crippen molar-refractivity contribution in [3.8, 4) is 0 Å². The second kappa shape index (κ2) is 4.22. The van der Waals surface area contributed by atoms with Crippen LogP contribution in [0.3, 0.4) is 0 Å². The molecule has 0 bridgehead atoms. The molecule has 2 aliphatic rings. The fourth-order valence-corrected chi connectivity index (χ4v) is 2.10. The lowest BCUT2D eigenvalue weighted by Gasteiger charge is -2.41. The van der Waals surface area contributed by atoms with Crippen molar-refractivity contribution < 1.29 is 4.74 Å². The Labute approximate surface area is 86.3 Å². The zero-order valence-corrected chi connectivity index (χ0v) is 9.20. The summed E-state index contributed by atoms with van der Waals surface area (Å²) in [5.74, 6) is 0. The van der Waals surface area contributed by atoms with Crippen molar-refractivity contribution in [3.05, 3.63) is 12.0 Å². The van der Waals surface area contributed by atoms with Crippen molar-refractivity contribution >= 4 is 0 Å². The van der Waals surface area contributed by atoms with E-state index >= 15 is 0 Å². The van der Waals surface area contributed by atoms with E-state index in [0.717, 1.165) is 19.7 Å². The van der Waals surface area contributed by atoms with Gasteiger partial charge in [-0.05, 0) is 13.3 Å². The minimum atomic E-state index is 0.694. The van der Waals surface area contributed by atoms with Crippen LogP contribution < -0.4 is 0 Å². The summed E-state index contributed by atoms with van der Waals surface area (Å²) in [6, 6.07) is 0.694. The van der Waals surface area contributed by atoms with E-state index in [1.807, 2.05) is 6.26 Å². The standard InChI is InChI=1S/C11H20N2O/c1-3-10(2)13-5-4-12-6-7-14-9-11(12)8-13/h9-10H,3-8H2,1-2H3. The van der Waals surface area contributed by atoms with E-state index in [1.165, 1.54) is 25.2 Å². The Bertz CT molecular complexity index is 227. The highest BCUT2D eigenvalue weighted by Gasteiger charge is 2.25. The maximum absolute atomic E-state index is 5.37. The second-order valence-electron chi connectivity index (χ2n) is 4.19. The lowest BCUT2D eigenvalue weighted by atomic mass is 10.1. The number of ether oxygens (including phenoxy) is 1. The smallest absolute Gasteiger partial charge is 0.105 e. The molecule has 2 heterocycles. The van der Waals surface area contributed by atoms with E-state index in [2.05, 4.69) is 23.6 Å². The van der Waals surface area contributed by atoms with Gasteiger partial charge in [-0.15, -0.1) is 0 Å². The molecule has 3 nitrogen and oxygen atoms in total. The third kappa shape index (κ3) is 1.87. The minimum Gasteiger partial charge on any atom is -0.497 e. The van der Waals surface area contributed by atoms with E-state index in [1.54, 1.807) is 0 Å². The van der Waals surface area contributed by atoms with E-state index < -0.39 is 0 Å². The normalized spacial score (nSPS) is 25.0. The molecule has 0 aromatic heterocycles. The molecule has 14 heavy (non-hydrogen) atoms. The average Bonchev–Trinajstić information content (AvgIpc) is 2.27. The van der Waals surface area contributed by atoms with Crippen LogP contribution in [0.25, 0.3) is 0 Å². The van der Waals surface area contributed by atoms with Gasteiger partial charge in [0.1, 0.15) is 12.9 Å². The number of fused-ring (bicyclic) bond motifs is 1. The van der Waals surface area contributed by atoms with Crippen LogP contribution in [-0.2, 0) is 4.74 Å². The lowest BCUT2D eigenvalue weighted by molar-refractivity contribution is 0.0873. The Kier molecular flexibility index (Phi) is 2.96. The highest BCUT2D eigenvalue weighted by molar-refractivity contribution is 5.06. The van der Waals surface area contributed by atoms with Gasteiger partial charge in [-0.3, -0.25) is 4.90 Å². The zero-order chi connectivity index (χ0) is 9.97. The van der Waals surface area contributed by atoms with Gasteiger partial charge in [0.05, 0.1) is 12.2 Å². The summed E-state index contributed by atoms with van der Waals surface area (Å²) in [7, 11) is 0. The van der Waals surface area contributed by atoms with Crippen molar-refractivity contribution in [1.29, 1.82) is 0 Å². The number of nitrogens with zero attached hydrogens (tertiary/aromatic N) is 2. The van der Waals surface area contributed by atoms with Gasteiger partial charge in [0.25, 0.3) is 0 Å². The molecule has 80 valence electrons. The fourth-order valence-electron chi connectivity index (χ4n) is 2.10. The summed E-state index contributed by atoms with van der Waals surface area (Å²) >= 11 is 0. The predicted octanol–water partition coefficient (Wildman–Crippen LogP) is 1.27. The maximum Gasteiger partial charge on any atom is 0.105 e. The van der Waals surface area contributed by atoms with Gasteiger partial charge in [-0.2, -0.15) is 0 Å². The molecule has 1 atom stereocenters. The highest BCUT2D eigenvalue weighted by atomic mass is 16.5. The average molecular weight is 196 g/mol. The molecule has 3 heteroatoms. The van der Waals surface area contributed by atoms with Gasteiger partial charge in [-0.1, -0.05) is 6.92 Å². The molecule has 0 N–H and O–H groups in total. The Morgan fingerprint density at radius 1 is 1.43 bits per heavy atom. The van der Waals surface area contributed by atoms with Gasteiger partial charge in [0, 0.05) is 25.7 Å². The monoisotopic (exact) mass is 196 g/mol. The van der Waals surface area contributed by atoms with Crippen molar-refractivity contribution in [2.45, 2.75) is 26.3 Å². The Morgan fingerprint density at radius 3 is 3.07 bits per heavy atom. The van der Waals surface area contributed by atoms with Crippen LogP contribution in [0.5, 0.6) is 0 Å². The van der Waals surface area contributed by atoms with Crippen LogP contribution in [0.1, 0.15) is 20.3 Å². The summed E-state index contributed by atoms with van der Waals surface area (Å²) in [6.07, 6.45) is 3.17. The van der Waals surface area contributed by atoms with Crippen LogP contribution in [0.2, 0.25) is 0 Å². The van der Waals surface area contributed by atoms with Gasteiger partial charge in [-0.25, -0.2) is 0 Å². The molecule has 0 aromatic rings. The molecule has 0 amide bonds. The first kappa shape index (κ1) is 9.84. The van der Waals surface area contributed by atoms with Crippen LogP contribution >= 0.6 is 0 Å². The Morgan fingerprint density at radius 2 is 2.29 bits per heavy atom. The Balaban J connectivity index is 1.98. The molecule has 1 unspecified atom stereocenters. The van der Waals surface area contributed by atoms with Crippen molar-refractivity contribution in [1.82, 2.24) is 9.80 Å². The molecule has 1 fully saturated rings. The molecular weight excluding hydrogens is 176 g/mol. The number of piperazine rings is 1. The van der Waals surface area contributed by atoms with E-state index in [-0.39, 0.29) is 0 Å². The fraction of sp³-hybridized carbons (Fsp3) is 0.818. The molecule has 0 spiro atoms. The zero-order valence-electron chi connectivity index (χ0n) is 9.20. The summed E-state index contributed by atoms with van der Waals surface area (Å²) in [4.78, 5) is 4.99. The van der Waals surface area contributed by atoms with Crippen molar-refractivity contribution in [2.24, 2.45) is 0 Å². The topological polar surface area (TPSA) is 15.7 Å². The lowest BCUT2D eigenvalue weighted by Crippen LogP contribution is -2.49. The van der Waals surface area contributed by atoms with Gasteiger partial charge in [0.2, 0.25) is 0 Å². The summed E-state index contributed by atoms with van der Waals surface area (Å²) in [6.45, 7) is 9.91. The first-order valence-corrected chi connectivity index (χ1v) is 5.61. The highest BCUT2D eigenvalue weighted by Crippen LogP contribution is 2.18. The molecule has 0 radical (unpaired) electrons. The van der Waals surface area contributed by atoms with Crippen LogP contribution in [-0.4, -0.2) is 48.6 Å². The van der Waals surface area contributed by atoms with Gasteiger partial charge < -0.3 is 9.64 Å². The molecule has 2 aliphatic heterocycles. The van der Waals surface area contributed by atoms with Gasteiger partial charge >= 0.3 is 0 Å². The molecule has 0 aliphatic carbocycles. The Hall–Kier alpha value is -0.700. The third-order valence-electron chi connectivity index (χ3n) is 3.34. The van der Waals surface area contributed by atoms with Crippen LogP contribution in [0.15, 0.2) is 12.0 Å². The third-order valence-corrected chi connectivity index (χ3v) is 3.34. The van der Waals surface area contributed by atoms with Crippen LogP contribution in [0.4, 0.5) is 0 Å².